The number of likely N-dealkylation sites (tertiary alicyclic amines) is 1. The van der Waals surface area contributed by atoms with Gasteiger partial charge in [-0.15, -0.1) is 0 Å². The average molecular weight is 465 g/mol. The summed E-state index contributed by atoms with van der Waals surface area (Å²) < 4.78 is 41.7. The molecule has 1 aromatic heterocycles. The Morgan fingerprint density at radius 2 is 1.88 bits per heavy atom. The summed E-state index contributed by atoms with van der Waals surface area (Å²) >= 11 is 0. The number of nitrogens with one attached hydrogen (secondary N) is 1. The number of likely N-dealkylation sites (N-methyl/N-ethyl adjacent to an activating group) is 1. The molecular formula is C22H29FN4O4S. The number of aromatic nitrogens is 1. The minimum Gasteiger partial charge on any atom is -0.345 e. The fourth-order valence-corrected chi connectivity index (χ4v) is 4.88. The van der Waals surface area contributed by atoms with Crippen molar-refractivity contribution in [1.29, 1.82) is 0 Å². The van der Waals surface area contributed by atoms with Gasteiger partial charge in [0.2, 0.25) is 15.9 Å². The van der Waals surface area contributed by atoms with Gasteiger partial charge in [-0.05, 0) is 55.5 Å². The van der Waals surface area contributed by atoms with Crippen LogP contribution in [0.3, 0.4) is 0 Å². The van der Waals surface area contributed by atoms with Crippen LogP contribution in [0.4, 0.5) is 10.1 Å². The summed E-state index contributed by atoms with van der Waals surface area (Å²) in [5.41, 5.74) is 1.23. The first-order valence-corrected chi connectivity index (χ1v) is 11.9. The predicted octanol–water partition coefficient (Wildman–Crippen LogP) is 2.60. The molecule has 1 aromatic carbocycles. The zero-order chi connectivity index (χ0) is 23.6. The number of sulfonamides is 1. The highest BCUT2D eigenvalue weighted by atomic mass is 32.2. The lowest BCUT2D eigenvalue weighted by Crippen LogP contribution is -2.38. The molecular weight excluding hydrogens is 435 g/mol. The fraction of sp³-hybridized carbons (Fsp3) is 0.455. The molecule has 1 N–H and O–H groups in total. The number of carbonyl (C=O) groups excluding carboxylic acids is 2. The molecule has 32 heavy (non-hydrogen) atoms. The van der Waals surface area contributed by atoms with E-state index in [0.717, 1.165) is 17.1 Å². The second kappa shape index (κ2) is 9.41. The molecule has 2 heterocycles. The van der Waals surface area contributed by atoms with E-state index in [-0.39, 0.29) is 16.5 Å². The van der Waals surface area contributed by atoms with E-state index in [2.05, 4.69) is 12.2 Å². The third kappa shape index (κ3) is 5.18. The molecule has 8 nitrogen and oxygen atoms in total. The molecule has 0 aliphatic carbocycles. The van der Waals surface area contributed by atoms with Crippen molar-refractivity contribution in [3.8, 4) is 0 Å². The van der Waals surface area contributed by atoms with Crippen molar-refractivity contribution in [3.63, 3.8) is 0 Å². The van der Waals surface area contributed by atoms with E-state index in [0.29, 0.717) is 30.3 Å². The first-order valence-electron chi connectivity index (χ1n) is 10.5. The van der Waals surface area contributed by atoms with Gasteiger partial charge in [0.1, 0.15) is 16.4 Å². The number of piperidine rings is 1. The van der Waals surface area contributed by atoms with E-state index < -0.39 is 28.3 Å². The van der Waals surface area contributed by atoms with E-state index >= 15 is 0 Å². The number of nitrogens with zero attached hydrogens (tertiary/aromatic N) is 3. The Morgan fingerprint density at radius 3 is 2.50 bits per heavy atom. The smallest absolute Gasteiger partial charge is 0.270 e. The Bertz CT molecular complexity index is 1120. The van der Waals surface area contributed by atoms with Gasteiger partial charge in [0.05, 0.1) is 6.54 Å². The zero-order valence-corrected chi connectivity index (χ0v) is 19.6. The van der Waals surface area contributed by atoms with Crippen LogP contribution in [0.25, 0.3) is 0 Å². The van der Waals surface area contributed by atoms with Crippen molar-refractivity contribution < 1.29 is 22.4 Å². The number of rotatable bonds is 6. The van der Waals surface area contributed by atoms with Gasteiger partial charge in [-0.1, -0.05) is 6.92 Å². The summed E-state index contributed by atoms with van der Waals surface area (Å²) in [6.45, 7) is 4.66. The SMILES string of the molecule is Cc1cc(F)ccc1NC(=O)CN(C)S(=O)(=O)c1cc(C(=O)N2CCC(C)CC2)n(C)c1. The number of halogens is 1. The Balaban J connectivity index is 1.71. The molecule has 1 aliphatic rings. The van der Waals surface area contributed by atoms with Crippen LogP contribution in [-0.2, 0) is 21.9 Å². The highest BCUT2D eigenvalue weighted by Gasteiger charge is 2.29. The maximum atomic E-state index is 13.2. The van der Waals surface area contributed by atoms with Crippen molar-refractivity contribution in [2.75, 3.05) is 32.0 Å². The minimum absolute atomic E-state index is 0.0537. The van der Waals surface area contributed by atoms with Crippen molar-refractivity contribution >= 4 is 27.5 Å². The van der Waals surface area contributed by atoms with Crippen LogP contribution in [-0.4, -0.2) is 60.7 Å². The molecule has 2 aromatic rings. The molecule has 0 spiro atoms. The van der Waals surface area contributed by atoms with Gasteiger partial charge in [-0.3, -0.25) is 9.59 Å². The van der Waals surface area contributed by atoms with E-state index in [1.807, 2.05) is 0 Å². The molecule has 2 amide bonds. The van der Waals surface area contributed by atoms with E-state index in [4.69, 9.17) is 0 Å². The third-order valence-corrected chi connectivity index (χ3v) is 7.58. The predicted molar refractivity (Wildman–Crippen MR) is 119 cm³/mol. The summed E-state index contributed by atoms with van der Waals surface area (Å²) in [5.74, 6) is -0.607. The number of carbonyl (C=O) groups is 2. The number of hydrogen-bond acceptors (Lipinski definition) is 4. The second-order valence-corrected chi connectivity index (χ2v) is 10.5. The van der Waals surface area contributed by atoms with Gasteiger partial charge in [-0.2, -0.15) is 4.31 Å². The average Bonchev–Trinajstić information content (AvgIpc) is 3.12. The summed E-state index contributed by atoms with van der Waals surface area (Å²) in [5, 5.41) is 2.60. The molecule has 0 saturated carbocycles. The second-order valence-electron chi connectivity index (χ2n) is 8.42. The van der Waals surface area contributed by atoms with Gasteiger partial charge in [0.25, 0.3) is 5.91 Å². The van der Waals surface area contributed by atoms with Crippen molar-refractivity contribution in [2.24, 2.45) is 13.0 Å². The molecule has 1 fully saturated rings. The highest BCUT2D eigenvalue weighted by molar-refractivity contribution is 7.89. The number of aryl methyl sites for hydroxylation is 2. The molecule has 1 saturated heterocycles. The largest absolute Gasteiger partial charge is 0.345 e. The van der Waals surface area contributed by atoms with Gasteiger partial charge in [0.15, 0.2) is 0 Å². The van der Waals surface area contributed by atoms with Crippen LogP contribution in [0.5, 0.6) is 0 Å². The molecule has 174 valence electrons. The Kier molecular flexibility index (Phi) is 7.04. The van der Waals surface area contributed by atoms with Gasteiger partial charge in [-0.25, -0.2) is 12.8 Å². The van der Waals surface area contributed by atoms with Crippen LogP contribution in [0.1, 0.15) is 35.8 Å². The Morgan fingerprint density at radius 1 is 1.22 bits per heavy atom. The lowest BCUT2D eigenvalue weighted by atomic mass is 9.99. The Hall–Kier alpha value is -2.72. The van der Waals surface area contributed by atoms with Crippen LogP contribution < -0.4 is 5.32 Å². The third-order valence-electron chi connectivity index (χ3n) is 5.81. The molecule has 0 bridgehead atoms. The molecule has 3 rings (SSSR count). The summed E-state index contributed by atoms with van der Waals surface area (Å²) in [7, 11) is -1.07. The van der Waals surface area contributed by atoms with E-state index in [9.17, 15) is 22.4 Å². The quantitative estimate of drug-likeness (QED) is 0.711. The molecule has 0 unspecified atom stereocenters. The topological polar surface area (TPSA) is 91.7 Å². The number of hydrogen-bond donors (Lipinski definition) is 1. The molecule has 0 atom stereocenters. The minimum atomic E-state index is -4.00. The van der Waals surface area contributed by atoms with Gasteiger partial charge >= 0.3 is 0 Å². The van der Waals surface area contributed by atoms with Crippen LogP contribution in [0, 0.1) is 18.7 Å². The van der Waals surface area contributed by atoms with Gasteiger partial charge in [0, 0.05) is 39.1 Å². The fourth-order valence-electron chi connectivity index (χ4n) is 3.69. The monoisotopic (exact) mass is 464 g/mol. The molecule has 0 radical (unpaired) electrons. The number of anilines is 1. The highest BCUT2D eigenvalue weighted by Crippen LogP contribution is 2.22. The van der Waals surface area contributed by atoms with Crippen molar-refractivity contribution in [1.82, 2.24) is 13.8 Å². The van der Waals surface area contributed by atoms with Crippen molar-refractivity contribution in [2.45, 2.75) is 31.6 Å². The summed E-state index contributed by atoms with van der Waals surface area (Å²) in [4.78, 5) is 26.9. The standard InChI is InChI=1S/C22H29FN4O4S/c1-15-7-9-27(10-8-15)22(29)20-12-18(13-25(20)3)32(30,31)26(4)14-21(28)24-19-6-5-17(23)11-16(19)2/h5-6,11-13,15H,7-10,14H2,1-4H3,(H,24,28). The van der Waals surface area contributed by atoms with Crippen LogP contribution in [0.15, 0.2) is 35.4 Å². The number of amides is 2. The zero-order valence-electron chi connectivity index (χ0n) is 18.8. The maximum Gasteiger partial charge on any atom is 0.270 e. The molecule has 10 heteroatoms. The van der Waals surface area contributed by atoms with Crippen LogP contribution >= 0.6 is 0 Å². The lowest BCUT2D eigenvalue weighted by molar-refractivity contribution is -0.116. The number of benzene rings is 1. The first kappa shape index (κ1) is 23.9. The summed E-state index contributed by atoms with van der Waals surface area (Å²) in [6.07, 6.45) is 3.23. The maximum absolute atomic E-state index is 13.2. The van der Waals surface area contributed by atoms with E-state index in [1.54, 1.807) is 18.9 Å². The van der Waals surface area contributed by atoms with E-state index in [1.165, 1.54) is 42.1 Å². The first-order chi connectivity index (χ1) is 15.0. The normalized spacial score (nSPS) is 15.2. The molecule has 1 aliphatic heterocycles. The van der Waals surface area contributed by atoms with Crippen molar-refractivity contribution in [3.05, 3.63) is 47.5 Å². The van der Waals surface area contributed by atoms with Crippen LogP contribution in [0.2, 0.25) is 0 Å². The lowest BCUT2D eigenvalue weighted by Gasteiger charge is -2.30. The van der Waals surface area contributed by atoms with Gasteiger partial charge < -0.3 is 14.8 Å². The summed E-state index contributed by atoms with van der Waals surface area (Å²) in [6, 6.07) is 5.28. The Labute approximate surface area is 188 Å².